The fourth-order valence-electron chi connectivity index (χ4n) is 6.25. The molecule has 1 saturated carbocycles. The van der Waals surface area contributed by atoms with Crippen molar-refractivity contribution >= 4 is 16.6 Å². The van der Waals surface area contributed by atoms with Crippen molar-refractivity contribution in [2.45, 2.75) is 58.4 Å². The molecule has 0 amide bonds. The number of halogens is 1. The third-order valence-electron chi connectivity index (χ3n) is 8.75. The van der Waals surface area contributed by atoms with Gasteiger partial charge in [-0.05, 0) is 62.4 Å². The molecule has 2 fully saturated rings. The Morgan fingerprint density at radius 1 is 1.02 bits per heavy atom. The predicted octanol–water partition coefficient (Wildman–Crippen LogP) is 5.62. The lowest BCUT2D eigenvalue weighted by molar-refractivity contribution is 0.311. The molecule has 1 aliphatic heterocycles. The van der Waals surface area contributed by atoms with Crippen LogP contribution in [0.2, 0.25) is 0 Å². The van der Waals surface area contributed by atoms with Crippen LogP contribution in [0.5, 0.6) is 0 Å². The molecule has 8 heteroatoms. The van der Waals surface area contributed by atoms with Gasteiger partial charge in [-0.1, -0.05) is 48.7 Å². The van der Waals surface area contributed by atoms with Crippen molar-refractivity contribution in [3.05, 3.63) is 75.7 Å². The van der Waals surface area contributed by atoms with Gasteiger partial charge < -0.3 is 18.9 Å². The summed E-state index contributed by atoms with van der Waals surface area (Å²) in [4.78, 5) is 22.7. The first kappa shape index (κ1) is 26.7. The smallest absolute Gasteiger partial charge is 0.227 e. The normalized spacial score (nSPS) is 17.1. The molecule has 2 aromatic carbocycles. The minimum atomic E-state index is -0.359. The number of hydrogen-bond acceptors (Lipinski definition) is 6. The van der Waals surface area contributed by atoms with Gasteiger partial charge in [0.2, 0.25) is 17.1 Å². The van der Waals surface area contributed by atoms with Gasteiger partial charge in [0.05, 0.1) is 16.8 Å². The van der Waals surface area contributed by atoms with Crippen molar-refractivity contribution in [2.24, 2.45) is 5.92 Å². The topological polar surface area (TPSA) is 67.4 Å². The van der Waals surface area contributed by atoms with Crippen LogP contribution in [-0.2, 0) is 19.4 Å². The molecule has 210 valence electrons. The van der Waals surface area contributed by atoms with Crippen molar-refractivity contribution in [2.75, 3.05) is 38.1 Å². The monoisotopic (exact) mass is 543 g/mol. The molecule has 0 radical (unpaired) electrons. The Morgan fingerprint density at radius 2 is 1.80 bits per heavy atom. The molecule has 2 aliphatic rings. The number of aromatic nitrogens is 3. The van der Waals surface area contributed by atoms with E-state index in [9.17, 15) is 4.79 Å². The summed E-state index contributed by atoms with van der Waals surface area (Å²) in [5, 5.41) is 4.56. The second kappa shape index (κ2) is 11.5. The highest BCUT2D eigenvalue weighted by molar-refractivity contribution is 5.86. The van der Waals surface area contributed by atoms with Crippen LogP contribution in [0.1, 0.15) is 49.1 Å². The van der Waals surface area contributed by atoms with E-state index < -0.39 is 0 Å². The molecule has 0 unspecified atom stereocenters. The van der Waals surface area contributed by atoms with Gasteiger partial charge in [0.25, 0.3) is 0 Å². The Morgan fingerprint density at radius 3 is 2.58 bits per heavy atom. The van der Waals surface area contributed by atoms with Crippen molar-refractivity contribution in [1.82, 2.24) is 19.6 Å². The first-order valence-electron chi connectivity index (χ1n) is 14.6. The van der Waals surface area contributed by atoms with E-state index in [1.807, 2.05) is 24.4 Å². The summed E-state index contributed by atoms with van der Waals surface area (Å²) in [5.41, 5.74) is 3.90. The summed E-state index contributed by atoms with van der Waals surface area (Å²) in [6.07, 6.45) is 9.31. The van der Waals surface area contributed by atoms with Gasteiger partial charge in [0, 0.05) is 50.7 Å². The van der Waals surface area contributed by atoms with E-state index in [-0.39, 0.29) is 17.1 Å². The van der Waals surface area contributed by atoms with Crippen molar-refractivity contribution < 1.29 is 8.91 Å². The number of fused-ring (bicyclic) bond motifs is 1. The maximum absolute atomic E-state index is 15.6. The van der Waals surface area contributed by atoms with Crippen LogP contribution < -0.4 is 10.3 Å². The third kappa shape index (κ3) is 5.55. The third-order valence-corrected chi connectivity index (χ3v) is 8.75. The van der Waals surface area contributed by atoms with Gasteiger partial charge in [-0.25, -0.2) is 4.39 Å². The van der Waals surface area contributed by atoms with Gasteiger partial charge >= 0.3 is 0 Å². The van der Waals surface area contributed by atoms with E-state index >= 15 is 4.39 Å². The number of likely N-dealkylation sites (N-methyl/N-ethyl adjacent to an activating group) is 1. The fraction of sp³-hybridized carbons (Fsp3) is 0.469. The standard InChI is InChI=1S/C32H38FN5O2/c1-22-8-6-7-11-24(22)12-13-30-34-32(35-40-30)26-21-38(20-23-9-4-3-5-10-23)28-19-29(27(33)18-25(28)31(26)39)37-16-14-36(2)15-17-37/h6-8,11,18-19,21,23H,3-5,9-10,12-17,20H2,1-2H3. The Hall–Kier alpha value is -3.52. The average Bonchev–Trinajstić information content (AvgIpc) is 3.44. The summed E-state index contributed by atoms with van der Waals surface area (Å²) < 4.78 is 23.3. The molecule has 1 aliphatic carbocycles. The Bertz CT molecular complexity index is 1550. The van der Waals surface area contributed by atoms with E-state index in [1.165, 1.54) is 49.3 Å². The van der Waals surface area contributed by atoms with Crippen LogP contribution in [0.15, 0.2) is 51.9 Å². The number of aryl methyl sites for hydroxylation is 3. The van der Waals surface area contributed by atoms with Crippen molar-refractivity contribution in [3.63, 3.8) is 0 Å². The van der Waals surface area contributed by atoms with E-state index in [4.69, 9.17) is 4.52 Å². The zero-order valence-electron chi connectivity index (χ0n) is 23.5. The molecule has 0 spiro atoms. The highest BCUT2D eigenvalue weighted by Gasteiger charge is 2.23. The molecule has 2 aromatic heterocycles. The Balaban J connectivity index is 1.37. The average molecular weight is 544 g/mol. The Kier molecular flexibility index (Phi) is 7.69. The SMILES string of the molecule is Cc1ccccc1CCc1nc(-c2cn(CC3CCCCC3)c3cc(N4CCN(C)CC4)c(F)cc3c2=O)no1. The van der Waals surface area contributed by atoms with Gasteiger partial charge in [0.15, 0.2) is 0 Å². The zero-order valence-corrected chi connectivity index (χ0v) is 23.5. The quantitative estimate of drug-likeness (QED) is 0.302. The zero-order chi connectivity index (χ0) is 27.6. The highest BCUT2D eigenvalue weighted by Crippen LogP contribution is 2.30. The van der Waals surface area contributed by atoms with Crippen LogP contribution in [0, 0.1) is 18.7 Å². The molecule has 0 N–H and O–H groups in total. The molecule has 6 rings (SSSR count). The maximum atomic E-state index is 15.6. The lowest BCUT2D eigenvalue weighted by Gasteiger charge is -2.34. The second-order valence-electron chi connectivity index (χ2n) is 11.6. The van der Waals surface area contributed by atoms with Crippen molar-refractivity contribution in [3.8, 4) is 11.4 Å². The van der Waals surface area contributed by atoms with Crippen LogP contribution >= 0.6 is 0 Å². The number of hydrogen-bond donors (Lipinski definition) is 0. The minimum absolute atomic E-state index is 0.259. The maximum Gasteiger partial charge on any atom is 0.227 e. The fourth-order valence-corrected chi connectivity index (χ4v) is 6.25. The molecule has 3 heterocycles. The highest BCUT2D eigenvalue weighted by atomic mass is 19.1. The summed E-state index contributed by atoms with van der Waals surface area (Å²) in [6, 6.07) is 11.6. The second-order valence-corrected chi connectivity index (χ2v) is 11.6. The summed E-state index contributed by atoms with van der Waals surface area (Å²) in [7, 11) is 2.09. The van der Waals surface area contributed by atoms with E-state index in [1.54, 1.807) is 0 Å². The Labute approximate surface area is 234 Å². The first-order chi connectivity index (χ1) is 19.5. The lowest BCUT2D eigenvalue weighted by Crippen LogP contribution is -2.44. The number of anilines is 1. The number of pyridine rings is 1. The van der Waals surface area contributed by atoms with Crippen LogP contribution in [0.4, 0.5) is 10.1 Å². The number of piperazine rings is 1. The van der Waals surface area contributed by atoms with E-state index in [2.05, 4.69) is 50.6 Å². The molecular weight excluding hydrogens is 505 g/mol. The lowest BCUT2D eigenvalue weighted by atomic mass is 9.89. The minimum Gasteiger partial charge on any atom is -0.367 e. The van der Waals surface area contributed by atoms with Crippen LogP contribution in [-0.4, -0.2) is 52.8 Å². The van der Waals surface area contributed by atoms with Crippen LogP contribution in [0.3, 0.4) is 0 Å². The number of benzene rings is 2. The molecule has 40 heavy (non-hydrogen) atoms. The van der Waals surface area contributed by atoms with Gasteiger partial charge in [-0.15, -0.1) is 0 Å². The van der Waals surface area contributed by atoms with Gasteiger partial charge in [-0.2, -0.15) is 4.98 Å². The van der Waals surface area contributed by atoms with E-state index in [0.717, 1.165) is 44.7 Å². The molecule has 0 bridgehead atoms. The predicted molar refractivity (Wildman–Crippen MR) is 156 cm³/mol. The number of nitrogens with zero attached hydrogens (tertiary/aromatic N) is 5. The van der Waals surface area contributed by atoms with Crippen molar-refractivity contribution in [1.29, 1.82) is 0 Å². The molecule has 1 saturated heterocycles. The van der Waals surface area contributed by atoms with Gasteiger partial charge in [0.1, 0.15) is 5.82 Å². The number of rotatable bonds is 7. The summed E-state index contributed by atoms with van der Waals surface area (Å²) in [5.74, 6) is 0.933. The molecular formula is C32H38FN5O2. The summed E-state index contributed by atoms with van der Waals surface area (Å²) in [6.45, 7) is 6.17. The van der Waals surface area contributed by atoms with Gasteiger partial charge in [-0.3, -0.25) is 4.79 Å². The molecule has 7 nitrogen and oxygen atoms in total. The summed E-state index contributed by atoms with van der Waals surface area (Å²) >= 11 is 0. The molecule has 0 atom stereocenters. The largest absolute Gasteiger partial charge is 0.367 e. The van der Waals surface area contributed by atoms with E-state index in [0.29, 0.717) is 34.9 Å². The van der Waals surface area contributed by atoms with Crippen LogP contribution in [0.25, 0.3) is 22.3 Å². The first-order valence-corrected chi connectivity index (χ1v) is 14.6. The molecule has 4 aromatic rings.